The molecule has 29 heavy (non-hydrogen) atoms. The molecule has 10 heteroatoms. The van der Waals surface area contributed by atoms with Crippen molar-refractivity contribution in [3.05, 3.63) is 46.7 Å². The van der Waals surface area contributed by atoms with Crippen LogP contribution in [0.5, 0.6) is 5.88 Å². The third-order valence-electron chi connectivity index (χ3n) is 4.94. The number of halogens is 4. The Morgan fingerprint density at radius 3 is 2.66 bits per heavy atom. The van der Waals surface area contributed by atoms with Gasteiger partial charge in [0.2, 0.25) is 5.88 Å². The number of aromatic nitrogens is 2. The SMILES string of the molecule is COc1ccc(C(=O)N2CCC[C@@H](Nc3ccc(C(F)(F)F)cn3)[C@@H]2C)c(Cl)n1. The lowest BCUT2D eigenvalue weighted by atomic mass is 9.96. The number of rotatable bonds is 4. The minimum absolute atomic E-state index is 0.0565. The monoisotopic (exact) mass is 428 g/mol. The average Bonchev–Trinajstić information content (AvgIpc) is 2.68. The summed E-state index contributed by atoms with van der Waals surface area (Å²) in [5, 5.41) is 3.19. The molecule has 1 aliphatic rings. The Morgan fingerprint density at radius 1 is 1.31 bits per heavy atom. The van der Waals surface area contributed by atoms with Crippen molar-refractivity contribution in [1.82, 2.24) is 14.9 Å². The fraction of sp³-hybridized carbons (Fsp3) is 0.421. The van der Waals surface area contributed by atoms with Crippen molar-refractivity contribution < 1.29 is 22.7 Å². The summed E-state index contributed by atoms with van der Waals surface area (Å²) in [6, 6.07) is 5.02. The maximum atomic E-state index is 13.0. The standard InChI is InChI=1S/C19H20ClF3N4O2/c1-11-14(25-15-7-5-12(10-24-15)19(21,22)23)4-3-9-27(11)18(28)13-6-8-16(29-2)26-17(13)20/h5-8,10-11,14H,3-4,9H2,1-2H3,(H,24,25)/t11-,14+/m0/s1. The molecule has 2 aromatic rings. The summed E-state index contributed by atoms with van der Waals surface area (Å²) in [7, 11) is 1.46. The summed E-state index contributed by atoms with van der Waals surface area (Å²) in [6.45, 7) is 2.42. The van der Waals surface area contributed by atoms with E-state index in [1.165, 1.54) is 13.2 Å². The summed E-state index contributed by atoms with van der Waals surface area (Å²) in [6.07, 6.45) is -2.15. The molecule has 0 saturated carbocycles. The van der Waals surface area contributed by atoms with E-state index in [2.05, 4.69) is 15.3 Å². The number of hydrogen-bond acceptors (Lipinski definition) is 5. The number of ether oxygens (including phenoxy) is 1. The first-order valence-corrected chi connectivity index (χ1v) is 9.40. The van der Waals surface area contributed by atoms with E-state index in [4.69, 9.17) is 16.3 Å². The van der Waals surface area contributed by atoms with Gasteiger partial charge in [-0.2, -0.15) is 13.2 Å². The van der Waals surface area contributed by atoms with Crippen LogP contribution in [0.2, 0.25) is 5.15 Å². The van der Waals surface area contributed by atoms with Gasteiger partial charge in [0, 0.05) is 30.9 Å². The molecule has 6 nitrogen and oxygen atoms in total. The lowest BCUT2D eigenvalue weighted by Gasteiger charge is -2.40. The maximum Gasteiger partial charge on any atom is 0.417 e. The third-order valence-corrected chi connectivity index (χ3v) is 5.22. The van der Waals surface area contributed by atoms with Gasteiger partial charge >= 0.3 is 6.18 Å². The van der Waals surface area contributed by atoms with Crippen molar-refractivity contribution >= 4 is 23.3 Å². The number of amides is 1. The van der Waals surface area contributed by atoms with Gasteiger partial charge in [-0.1, -0.05) is 11.6 Å². The largest absolute Gasteiger partial charge is 0.481 e. The van der Waals surface area contributed by atoms with Crippen molar-refractivity contribution in [3.63, 3.8) is 0 Å². The number of nitrogens with one attached hydrogen (secondary N) is 1. The molecule has 2 aromatic heterocycles. The number of anilines is 1. The summed E-state index contributed by atoms with van der Waals surface area (Å²) in [5.74, 6) is 0.379. The van der Waals surface area contributed by atoms with Crippen molar-refractivity contribution in [2.45, 2.75) is 38.0 Å². The molecule has 3 rings (SSSR count). The van der Waals surface area contributed by atoms with Crippen LogP contribution in [0.3, 0.4) is 0 Å². The Labute approximate surface area is 171 Å². The number of methoxy groups -OCH3 is 1. The first kappa shape index (κ1) is 21.2. The van der Waals surface area contributed by atoms with Crippen LogP contribution < -0.4 is 10.1 Å². The Balaban J connectivity index is 1.73. The topological polar surface area (TPSA) is 67.3 Å². The Bertz CT molecular complexity index is 877. The molecule has 1 amide bonds. The molecule has 0 bridgehead atoms. The van der Waals surface area contributed by atoms with E-state index in [9.17, 15) is 18.0 Å². The molecule has 0 aliphatic carbocycles. The number of alkyl halides is 3. The molecule has 3 heterocycles. The van der Waals surface area contributed by atoms with E-state index in [1.807, 2.05) is 6.92 Å². The van der Waals surface area contributed by atoms with E-state index >= 15 is 0 Å². The van der Waals surface area contributed by atoms with Gasteiger partial charge in [0.1, 0.15) is 11.0 Å². The summed E-state index contributed by atoms with van der Waals surface area (Å²) in [5.41, 5.74) is -0.536. The number of carbonyl (C=O) groups excluding carboxylic acids is 1. The molecule has 2 atom stereocenters. The minimum atomic E-state index is -4.43. The van der Waals surface area contributed by atoms with Crippen LogP contribution in [0.4, 0.5) is 19.0 Å². The highest BCUT2D eigenvalue weighted by atomic mass is 35.5. The van der Waals surface area contributed by atoms with Crippen molar-refractivity contribution in [3.8, 4) is 5.88 Å². The van der Waals surface area contributed by atoms with E-state index < -0.39 is 11.7 Å². The predicted octanol–water partition coefficient (Wildman–Crippen LogP) is 4.26. The number of hydrogen-bond donors (Lipinski definition) is 1. The molecule has 0 spiro atoms. The first-order chi connectivity index (χ1) is 13.7. The second kappa shape index (κ2) is 8.44. The van der Waals surface area contributed by atoms with E-state index in [0.29, 0.717) is 18.2 Å². The van der Waals surface area contributed by atoms with Crippen LogP contribution >= 0.6 is 11.6 Å². The summed E-state index contributed by atoms with van der Waals surface area (Å²) in [4.78, 5) is 22.5. The molecule has 0 aromatic carbocycles. The maximum absolute atomic E-state index is 13.0. The second-order valence-electron chi connectivity index (χ2n) is 6.75. The number of carbonyl (C=O) groups is 1. The normalized spacial score (nSPS) is 19.7. The van der Waals surface area contributed by atoms with Crippen molar-refractivity contribution in [2.75, 3.05) is 19.0 Å². The zero-order valence-corrected chi connectivity index (χ0v) is 16.6. The number of likely N-dealkylation sites (tertiary alicyclic amines) is 1. The summed E-state index contributed by atoms with van der Waals surface area (Å²) >= 11 is 6.13. The van der Waals surface area contributed by atoms with Gasteiger partial charge in [-0.3, -0.25) is 4.79 Å². The Kier molecular flexibility index (Phi) is 6.16. The minimum Gasteiger partial charge on any atom is -0.481 e. The lowest BCUT2D eigenvalue weighted by Crippen LogP contribution is -2.52. The molecule has 156 valence electrons. The number of nitrogens with zero attached hydrogens (tertiary/aromatic N) is 3. The highest BCUT2D eigenvalue weighted by molar-refractivity contribution is 6.32. The van der Waals surface area contributed by atoms with Crippen LogP contribution in [0, 0.1) is 0 Å². The van der Waals surface area contributed by atoms with Crippen LogP contribution in [-0.4, -0.2) is 46.5 Å². The molecule has 0 radical (unpaired) electrons. The van der Waals surface area contributed by atoms with Crippen molar-refractivity contribution in [1.29, 1.82) is 0 Å². The van der Waals surface area contributed by atoms with Crippen LogP contribution in [-0.2, 0) is 6.18 Å². The van der Waals surface area contributed by atoms with Gasteiger partial charge < -0.3 is 15.0 Å². The quantitative estimate of drug-likeness (QED) is 0.737. The third kappa shape index (κ3) is 4.72. The van der Waals surface area contributed by atoms with E-state index in [0.717, 1.165) is 25.1 Å². The number of pyridine rings is 2. The van der Waals surface area contributed by atoms with Crippen LogP contribution in [0.1, 0.15) is 35.7 Å². The lowest BCUT2D eigenvalue weighted by molar-refractivity contribution is -0.137. The highest BCUT2D eigenvalue weighted by Gasteiger charge is 2.34. The van der Waals surface area contributed by atoms with Crippen molar-refractivity contribution in [2.24, 2.45) is 0 Å². The van der Waals surface area contributed by atoms with Crippen LogP contribution in [0.15, 0.2) is 30.5 Å². The smallest absolute Gasteiger partial charge is 0.417 e. The fourth-order valence-corrected chi connectivity index (χ4v) is 3.53. The van der Waals surface area contributed by atoms with Gasteiger partial charge in [0.15, 0.2) is 0 Å². The van der Waals surface area contributed by atoms with E-state index in [1.54, 1.807) is 17.0 Å². The van der Waals surface area contributed by atoms with Crippen LogP contribution in [0.25, 0.3) is 0 Å². The van der Waals surface area contributed by atoms with Gasteiger partial charge in [-0.15, -0.1) is 0 Å². The van der Waals surface area contributed by atoms with Gasteiger partial charge in [0.05, 0.1) is 18.2 Å². The molecule has 0 unspecified atom stereocenters. The molecule has 1 saturated heterocycles. The average molecular weight is 429 g/mol. The molecule has 1 aliphatic heterocycles. The van der Waals surface area contributed by atoms with E-state index in [-0.39, 0.29) is 28.7 Å². The predicted molar refractivity (Wildman–Crippen MR) is 102 cm³/mol. The molecular formula is C19H20ClF3N4O2. The Hall–Kier alpha value is -2.55. The zero-order chi connectivity index (χ0) is 21.2. The molecular weight excluding hydrogens is 409 g/mol. The molecule has 1 N–H and O–H groups in total. The fourth-order valence-electron chi connectivity index (χ4n) is 3.31. The molecule has 1 fully saturated rings. The first-order valence-electron chi connectivity index (χ1n) is 9.02. The van der Waals surface area contributed by atoms with Gasteiger partial charge in [-0.25, -0.2) is 9.97 Å². The van der Waals surface area contributed by atoms with Gasteiger partial charge in [0.25, 0.3) is 5.91 Å². The number of piperidine rings is 1. The van der Waals surface area contributed by atoms with Gasteiger partial charge in [-0.05, 0) is 38.0 Å². The Morgan fingerprint density at radius 2 is 2.07 bits per heavy atom. The highest BCUT2D eigenvalue weighted by Crippen LogP contribution is 2.30. The second-order valence-corrected chi connectivity index (χ2v) is 7.11. The summed E-state index contributed by atoms with van der Waals surface area (Å²) < 4.78 is 43.1. The zero-order valence-electron chi connectivity index (χ0n) is 15.8.